The Hall–Kier alpha value is -3.65. The molecule has 4 rings (SSSR count). The third kappa shape index (κ3) is 4.75. The normalized spacial score (nSPS) is 10.7. The maximum absolute atomic E-state index is 12.4. The number of ether oxygens (including phenoxy) is 1. The minimum absolute atomic E-state index is 0.171. The molecule has 4 aromatic rings. The monoisotopic (exact) mass is 432 g/mol. The molecule has 0 atom stereocenters. The van der Waals surface area contributed by atoms with E-state index in [1.165, 1.54) is 18.1 Å². The summed E-state index contributed by atoms with van der Waals surface area (Å²) in [6.07, 6.45) is 3.42. The number of carbonyl (C=O) groups is 2. The lowest BCUT2D eigenvalue weighted by Gasteiger charge is -2.07. The van der Waals surface area contributed by atoms with Gasteiger partial charge < -0.3 is 15.0 Å². The Bertz CT molecular complexity index is 1210. The van der Waals surface area contributed by atoms with Crippen LogP contribution in [0.15, 0.2) is 72.1 Å². The number of aromatic nitrogens is 3. The zero-order valence-corrected chi connectivity index (χ0v) is 17.6. The lowest BCUT2D eigenvalue weighted by molar-refractivity contribution is -0.113. The number of anilines is 1. The highest BCUT2D eigenvalue weighted by Gasteiger charge is 2.14. The molecule has 0 aliphatic rings. The largest absolute Gasteiger partial charge is 0.462 e. The number of nitrogens with zero attached hydrogens (tertiary/aromatic N) is 2. The summed E-state index contributed by atoms with van der Waals surface area (Å²) in [4.78, 5) is 36.1. The smallest absolute Gasteiger partial charge is 0.338 e. The lowest BCUT2D eigenvalue weighted by atomic mass is 10.1. The van der Waals surface area contributed by atoms with Gasteiger partial charge in [-0.1, -0.05) is 42.1 Å². The summed E-state index contributed by atoms with van der Waals surface area (Å²) in [6, 6.07) is 16.6. The van der Waals surface area contributed by atoms with Gasteiger partial charge >= 0.3 is 5.97 Å². The van der Waals surface area contributed by atoms with Crippen molar-refractivity contribution in [3.05, 3.63) is 72.7 Å². The van der Waals surface area contributed by atoms with E-state index in [1.54, 1.807) is 31.2 Å². The molecule has 156 valence electrons. The Labute approximate surface area is 183 Å². The number of amides is 1. The van der Waals surface area contributed by atoms with Crippen LogP contribution < -0.4 is 5.32 Å². The van der Waals surface area contributed by atoms with Crippen LogP contribution in [0.4, 0.5) is 5.69 Å². The van der Waals surface area contributed by atoms with E-state index >= 15 is 0 Å². The summed E-state index contributed by atoms with van der Waals surface area (Å²) in [7, 11) is 0. The molecule has 1 amide bonds. The van der Waals surface area contributed by atoms with Crippen molar-refractivity contribution in [2.75, 3.05) is 17.7 Å². The predicted octanol–water partition coefficient (Wildman–Crippen LogP) is 4.53. The van der Waals surface area contributed by atoms with Crippen molar-refractivity contribution < 1.29 is 14.3 Å². The summed E-state index contributed by atoms with van der Waals surface area (Å²) in [6.45, 7) is 2.07. The summed E-state index contributed by atoms with van der Waals surface area (Å²) in [5.41, 5.74) is 4.73. The fourth-order valence-corrected chi connectivity index (χ4v) is 3.86. The van der Waals surface area contributed by atoms with Gasteiger partial charge in [-0.05, 0) is 36.8 Å². The number of benzene rings is 2. The van der Waals surface area contributed by atoms with E-state index in [9.17, 15) is 9.59 Å². The molecule has 0 saturated heterocycles. The van der Waals surface area contributed by atoms with E-state index in [0.717, 1.165) is 22.2 Å². The molecule has 0 spiro atoms. The highest BCUT2D eigenvalue weighted by Crippen LogP contribution is 2.31. The van der Waals surface area contributed by atoms with Gasteiger partial charge in [0.05, 0.1) is 23.4 Å². The zero-order valence-electron chi connectivity index (χ0n) is 16.8. The van der Waals surface area contributed by atoms with Gasteiger partial charge in [0, 0.05) is 17.4 Å². The van der Waals surface area contributed by atoms with Crippen molar-refractivity contribution in [1.82, 2.24) is 15.0 Å². The summed E-state index contributed by atoms with van der Waals surface area (Å²) in [5.74, 6) is -0.370. The molecule has 0 saturated carbocycles. The first-order valence-corrected chi connectivity index (χ1v) is 10.7. The van der Waals surface area contributed by atoms with Crippen LogP contribution in [0.25, 0.3) is 22.2 Å². The number of hydrogen-bond acceptors (Lipinski definition) is 6. The van der Waals surface area contributed by atoms with E-state index in [-0.39, 0.29) is 17.6 Å². The van der Waals surface area contributed by atoms with Gasteiger partial charge in [-0.3, -0.25) is 4.79 Å². The molecule has 2 aromatic carbocycles. The van der Waals surface area contributed by atoms with Crippen molar-refractivity contribution >= 4 is 40.4 Å². The van der Waals surface area contributed by atoms with E-state index in [4.69, 9.17) is 4.74 Å². The zero-order chi connectivity index (χ0) is 21.6. The highest BCUT2D eigenvalue weighted by molar-refractivity contribution is 8.00. The van der Waals surface area contributed by atoms with E-state index in [0.29, 0.717) is 22.9 Å². The van der Waals surface area contributed by atoms with Gasteiger partial charge in [-0.25, -0.2) is 14.8 Å². The second-order valence-corrected chi connectivity index (χ2v) is 7.57. The second kappa shape index (κ2) is 9.44. The predicted molar refractivity (Wildman–Crippen MR) is 121 cm³/mol. The third-order valence-corrected chi connectivity index (χ3v) is 5.52. The molecule has 7 nitrogen and oxygen atoms in total. The molecule has 0 radical (unpaired) electrons. The first kappa shape index (κ1) is 20.6. The Kier molecular flexibility index (Phi) is 6.28. The molecule has 0 fully saturated rings. The molecular formula is C23H20N4O3S. The third-order valence-electron chi connectivity index (χ3n) is 4.53. The molecule has 2 N–H and O–H groups in total. The minimum atomic E-state index is -0.385. The van der Waals surface area contributed by atoms with Crippen LogP contribution in [-0.2, 0) is 9.53 Å². The van der Waals surface area contributed by atoms with E-state index < -0.39 is 0 Å². The van der Waals surface area contributed by atoms with Crippen molar-refractivity contribution in [1.29, 1.82) is 0 Å². The van der Waals surface area contributed by atoms with Gasteiger partial charge in [0.1, 0.15) is 16.9 Å². The molecule has 8 heteroatoms. The number of thioether (sulfide) groups is 1. The van der Waals surface area contributed by atoms with Crippen LogP contribution in [0.5, 0.6) is 0 Å². The van der Waals surface area contributed by atoms with Gasteiger partial charge in [-0.2, -0.15) is 0 Å². The summed E-state index contributed by atoms with van der Waals surface area (Å²) < 4.78 is 4.96. The van der Waals surface area contributed by atoms with Gasteiger partial charge in [-0.15, -0.1) is 0 Å². The summed E-state index contributed by atoms with van der Waals surface area (Å²) >= 11 is 1.33. The van der Waals surface area contributed by atoms with E-state index in [2.05, 4.69) is 20.3 Å². The fourth-order valence-electron chi connectivity index (χ4n) is 3.10. The van der Waals surface area contributed by atoms with Crippen LogP contribution in [0, 0.1) is 0 Å². The number of aromatic amines is 1. The number of esters is 1. The Balaban J connectivity index is 1.42. The molecule has 0 aliphatic carbocycles. The first-order valence-electron chi connectivity index (χ1n) is 9.73. The standard InChI is InChI=1S/C23H20N4O3S/c1-2-30-23(29)16-8-10-17(11-9-16)27-19(28)13-31-22-21-20(25-14-26-22)18(12-24-21)15-6-4-3-5-7-15/h3-12,14,24H,2,13H2,1H3,(H,27,28). The molecular weight excluding hydrogens is 412 g/mol. The van der Waals surface area contributed by atoms with Crippen molar-refractivity contribution in [2.24, 2.45) is 0 Å². The average molecular weight is 433 g/mol. The fraction of sp³-hybridized carbons (Fsp3) is 0.130. The number of carbonyl (C=O) groups excluding carboxylic acids is 2. The molecule has 31 heavy (non-hydrogen) atoms. The van der Waals surface area contributed by atoms with Crippen molar-refractivity contribution in [3.63, 3.8) is 0 Å². The van der Waals surface area contributed by atoms with Crippen LogP contribution in [0.2, 0.25) is 0 Å². The number of H-pyrrole nitrogens is 1. The number of nitrogens with one attached hydrogen (secondary N) is 2. The average Bonchev–Trinajstić information content (AvgIpc) is 3.24. The molecule has 0 aliphatic heterocycles. The first-order chi connectivity index (χ1) is 15.2. The van der Waals surface area contributed by atoms with Gasteiger partial charge in [0.25, 0.3) is 0 Å². The number of hydrogen-bond donors (Lipinski definition) is 2. The van der Waals surface area contributed by atoms with Gasteiger partial charge in [0.2, 0.25) is 5.91 Å². The Morgan fingerprint density at radius 1 is 1.06 bits per heavy atom. The SMILES string of the molecule is CCOC(=O)c1ccc(NC(=O)CSc2ncnc3c(-c4ccccc4)c[nH]c23)cc1. The minimum Gasteiger partial charge on any atom is -0.462 e. The van der Waals surface area contributed by atoms with Crippen molar-refractivity contribution in [3.8, 4) is 11.1 Å². The second-order valence-electron chi connectivity index (χ2n) is 6.61. The molecule has 0 unspecified atom stereocenters. The Morgan fingerprint density at radius 3 is 2.58 bits per heavy atom. The van der Waals surface area contributed by atoms with Crippen LogP contribution >= 0.6 is 11.8 Å². The van der Waals surface area contributed by atoms with Gasteiger partial charge in [0.15, 0.2) is 0 Å². The Morgan fingerprint density at radius 2 is 1.84 bits per heavy atom. The lowest BCUT2D eigenvalue weighted by Crippen LogP contribution is -2.14. The van der Waals surface area contributed by atoms with Crippen LogP contribution in [-0.4, -0.2) is 39.2 Å². The summed E-state index contributed by atoms with van der Waals surface area (Å²) in [5, 5.41) is 3.53. The topological polar surface area (TPSA) is 97.0 Å². The maximum atomic E-state index is 12.4. The van der Waals surface area contributed by atoms with Crippen LogP contribution in [0.1, 0.15) is 17.3 Å². The molecule has 2 heterocycles. The van der Waals surface area contributed by atoms with E-state index in [1.807, 2.05) is 36.5 Å². The molecule has 0 bridgehead atoms. The van der Waals surface area contributed by atoms with Crippen LogP contribution in [0.3, 0.4) is 0 Å². The number of rotatable bonds is 7. The highest BCUT2D eigenvalue weighted by atomic mass is 32.2. The quantitative estimate of drug-likeness (QED) is 0.253. The maximum Gasteiger partial charge on any atom is 0.338 e. The molecule has 2 aromatic heterocycles. The van der Waals surface area contributed by atoms with Crippen molar-refractivity contribution in [2.45, 2.75) is 11.9 Å². The number of fused-ring (bicyclic) bond motifs is 1.